The molecule has 6 heteroatoms. The molecule has 0 radical (unpaired) electrons. The maximum atomic E-state index is 12.5. The van der Waals surface area contributed by atoms with Crippen LogP contribution in [0.3, 0.4) is 0 Å². The highest BCUT2D eigenvalue weighted by atomic mass is 35.5. The zero-order chi connectivity index (χ0) is 21.3. The molecule has 0 bridgehead atoms. The van der Waals surface area contributed by atoms with Crippen LogP contribution in [0.1, 0.15) is 39.9 Å². The van der Waals surface area contributed by atoms with Crippen LogP contribution < -0.4 is 5.48 Å². The maximum absolute atomic E-state index is 12.5. The highest BCUT2D eigenvalue weighted by Gasteiger charge is 2.16. The second-order valence-corrected chi connectivity index (χ2v) is 7.82. The predicted octanol–water partition coefficient (Wildman–Crippen LogP) is 4.41. The highest BCUT2D eigenvalue weighted by Crippen LogP contribution is 2.21. The summed E-state index contributed by atoms with van der Waals surface area (Å²) >= 11 is 0. The van der Waals surface area contributed by atoms with Crippen LogP contribution in [0.4, 0.5) is 0 Å². The number of nitrogens with one attached hydrogen (secondary N) is 1. The number of hydrogen-bond donors (Lipinski definition) is 2. The van der Waals surface area contributed by atoms with E-state index in [-0.39, 0.29) is 18.2 Å². The van der Waals surface area contributed by atoms with E-state index in [4.69, 9.17) is 5.21 Å². The number of benzene rings is 2. The number of amides is 1. The van der Waals surface area contributed by atoms with Crippen LogP contribution >= 0.6 is 12.4 Å². The van der Waals surface area contributed by atoms with Crippen molar-refractivity contribution in [1.29, 1.82) is 0 Å². The smallest absolute Gasteiger partial charge is 0.267 e. The van der Waals surface area contributed by atoms with Gasteiger partial charge in [-0.05, 0) is 74.2 Å². The van der Waals surface area contributed by atoms with Crippen LogP contribution in [0.2, 0.25) is 0 Å². The summed E-state index contributed by atoms with van der Waals surface area (Å²) in [5.74, 6) is 0.129. The molecule has 1 fully saturated rings. The third kappa shape index (κ3) is 7.79. The van der Waals surface area contributed by atoms with Gasteiger partial charge in [-0.15, -0.1) is 12.4 Å². The zero-order valence-corrected chi connectivity index (χ0v) is 18.5. The Labute approximate surface area is 189 Å². The summed E-state index contributed by atoms with van der Waals surface area (Å²) in [6.07, 6.45) is 9.76. The number of hydroxylamine groups is 1. The van der Waals surface area contributed by atoms with Gasteiger partial charge in [0.05, 0.1) is 0 Å². The van der Waals surface area contributed by atoms with Gasteiger partial charge in [0.15, 0.2) is 5.78 Å². The van der Waals surface area contributed by atoms with E-state index in [1.54, 1.807) is 23.7 Å². The first-order valence-electron chi connectivity index (χ1n) is 10.3. The van der Waals surface area contributed by atoms with Gasteiger partial charge in [-0.1, -0.05) is 54.6 Å². The van der Waals surface area contributed by atoms with E-state index in [2.05, 4.69) is 24.1 Å². The molecular formula is C25H29ClN2O3. The number of ketones is 1. The van der Waals surface area contributed by atoms with Crippen LogP contribution in [-0.2, 0) is 11.2 Å². The molecule has 2 aromatic rings. The molecule has 1 heterocycles. The molecule has 5 nitrogen and oxygen atoms in total. The van der Waals surface area contributed by atoms with Gasteiger partial charge in [0, 0.05) is 11.6 Å². The Kier molecular flexibility index (Phi) is 9.66. The second kappa shape index (κ2) is 12.2. The number of allylic oxidation sites excluding steroid dienone is 1. The Morgan fingerprint density at radius 2 is 1.52 bits per heavy atom. The van der Waals surface area contributed by atoms with Crippen molar-refractivity contribution in [3.8, 4) is 0 Å². The molecule has 0 atom stereocenters. The van der Waals surface area contributed by atoms with E-state index >= 15 is 0 Å². The molecule has 2 N–H and O–H groups in total. The third-order valence-corrected chi connectivity index (χ3v) is 5.50. The number of nitrogens with zero attached hydrogens (tertiary/aromatic N) is 1. The molecule has 0 aromatic heterocycles. The molecule has 0 saturated carbocycles. The second-order valence-electron chi connectivity index (χ2n) is 7.82. The van der Waals surface area contributed by atoms with Crippen molar-refractivity contribution in [3.05, 3.63) is 82.9 Å². The topological polar surface area (TPSA) is 69.6 Å². The van der Waals surface area contributed by atoms with Crippen LogP contribution in [0, 0.1) is 5.92 Å². The third-order valence-electron chi connectivity index (χ3n) is 5.50. The van der Waals surface area contributed by atoms with E-state index in [1.807, 2.05) is 36.4 Å². The van der Waals surface area contributed by atoms with Crippen molar-refractivity contribution in [3.63, 3.8) is 0 Å². The van der Waals surface area contributed by atoms with Crippen molar-refractivity contribution in [2.45, 2.75) is 19.3 Å². The molecule has 164 valence electrons. The number of carbonyl (C=O) groups excluding carboxylic acids is 2. The van der Waals surface area contributed by atoms with E-state index in [1.165, 1.54) is 37.6 Å². The molecule has 3 rings (SSSR count). The van der Waals surface area contributed by atoms with Crippen molar-refractivity contribution in [1.82, 2.24) is 10.4 Å². The first-order valence-corrected chi connectivity index (χ1v) is 10.3. The SMILES string of the molecule is CN1CCC(Cc2ccc(C(=O)/C=C/c3ccc(/C=C/C(=O)NO)cc3)cc2)CC1.Cl. The molecule has 0 unspecified atom stereocenters. The maximum Gasteiger partial charge on any atom is 0.267 e. The van der Waals surface area contributed by atoms with Crippen molar-refractivity contribution in [2.24, 2.45) is 5.92 Å². The molecule has 1 aliphatic heterocycles. The molecule has 1 amide bonds. The minimum absolute atomic E-state index is 0. The van der Waals surface area contributed by atoms with Crippen LogP contribution in [0.15, 0.2) is 60.7 Å². The molecule has 0 aliphatic carbocycles. The Morgan fingerprint density at radius 3 is 2.06 bits per heavy atom. The summed E-state index contributed by atoms with van der Waals surface area (Å²) in [7, 11) is 2.18. The monoisotopic (exact) mass is 440 g/mol. The van der Waals surface area contributed by atoms with Crippen LogP contribution in [-0.4, -0.2) is 41.9 Å². The molecule has 2 aromatic carbocycles. The van der Waals surface area contributed by atoms with Crippen LogP contribution in [0.5, 0.6) is 0 Å². The van der Waals surface area contributed by atoms with Gasteiger partial charge in [-0.3, -0.25) is 14.8 Å². The summed E-state index contributed by atoms with van der Waals surface area (Å²) < 4.78 is 0. The number of piperidine rings is 1. The average molecular weight is 441 g/mol. The quantitative estimate of drug-likeness (QED) is 0.289. The molecule has 1 aliphatic rings. The number of rotatable bonds is 7. The van der Waals surface area contributed by atoms with Crippen LogP contribution in [0.25, 0.3) is 12.2 Å². The highest BCUT2D eigenvalue weighted by molar-refractivity contribution is 6.06. The fourth-order valence-electron chi connectivity index (χ4n) is 3.60. The number of carbonyl (C=O) groups is 2. The van der Waals surface area contributed by atoms with Crippen molar-refractivity contribution < 1.29 is 14.8 Å². The minimum Gasteiger partial charge on any atom is -0.306 e. The fourth-order valence-corrected chi connectivity index (χ4v) is 3.60. The van der Waals surface area contributed by atoms with E-state index in [9.17, 15) is 9.59 Å². The van der Waals surface area contributed by atoms with Gasteiger partial charge in [0.2, 0.25) is 0 Å². The fraction of sp³-hybridized carbons (Fsp3) is 0.280. The number of likely N-dealkylation sites (tertiary alicyclic amines) is 1. The summed E-state index contributed by atoms with van der Waals surface area (Å²) in [5.41, 5.74) is 5.24. The van der Waals surface area contributed by atoms with Gasteiger partial charge < -0.3 is 4.90 Å². The molecule has 1 saturated heterocycles. The van der Waals surface area contributed by atoms with Gasteiger partial charge >= 0.3 is 0 Å². The van der Waals surface area contributed by atoms with Gasteiger partial charge in [0.1, 0.15) is 0 Å². The standard InChI is InChI=1S/C25H28N2O3.ClH/c1-27-16-14-22(15-17-27)18-21-6-10-23(11-7-21)24(28)12-8-19-2-4-20(5-3-19)9-13-25(29)26-30;/h2-13,22,30H,14-18H2,1H3,(H,26,29);1H/b12-8+,13-9+;. The number of hydrogen-bond acceptors (Lipinski definition) is 4. The number of halogens is 1. The first kappa shape index (κ1) is 24.5. The zero-order valence-electron chi connectivity index (χ0n) is 17.7. The Balaban J connectivity index is 0.00000341. The first-order chi connectivity index (χ1) is 14.5. The lowest BCUT2D eigenvalue weighted by Crippen LogP contribution is -2.30. The molecule has 0 spiro atoms. The Morgan fingerprint density at radius 1 is 0.968 bits per heavy atom. The summed E-state index contributed by atoms with van der Waals surface area (Å²) in [6.45, 7) is 2.34. The Bertz CT molecular complexity index is 913. The predicted molar refractivity (Wildman–Crippen MR) is 126 cm³/mol. The lowest BCUT2D eigenvalue weighted by Gasteiger charge is -2.28. The lowest BCUT2D eigenvalue weighted by atomic mass is 9.90. The van der Waals surface area contributed by atoms with Crippen molar-refractivity contribution in [2.75, 3.05) is 20.1 Å². The lowest BCUT2D eigenvalue weighted by molar-refractivity contribution is -0.124. The molecule has 31 heavy (non-hydrogen) atoms. The average Bonchev–Trinajstić information content (AvgIpc) is 2.78. The Hall–Kier alpha value is -2.73. The van der Waals surface area contributed by atoms with E-state index < -0.39 is 5.91 Å². The minimum atomic E-state index is -0.582. The summed E-state index contributed by atoms with van der Waals surface area (Å²) in [6, 6.07) is 15.4. The van der Waals surface area contributed by atoms with E-state index in [0.29, 0.717) is 5.56 Å². The van der Waals surface area contributed by atoms with Crippen molar-refractivity contribution >= 4 is 36.2 Å². The normalized spacial score (nSPS) is 15.2. The largest absolute Gasteiger partial charge is 0.306 e. The molecular weight excluding hydrogens is 412 g/mol. The van der Waals surface area contributed by atoms with E-state index in [0.717, 1.165) is 23.5 Å². The van der Waals surface area contributed by atoms with Gasteiger partial charge in [-0.2, -0.15) is 0 Å². The summed E-state index contributed by atoms with van der Waals surface area (Å²) in [4.78, 5) is 25.8. The summed E-state index contributed by atoms with van der Waals surface area (Å²) in [5, 5.41) is 8.48. The van der Waals surface area contributed by atoms with Gasteiger partial charge in [0.25, 0.3) is 5.91 Å². The van der Waals surface area contributed by atoms with Gasteiger partial charge in [-0.25, -0.2) is 5.48 Å².